The molecule has 1 heterocycles. The van der Waals surface area contributed by atoms with E-state index in [2.05, 4.69) is 54.8 Å². The fraction of sp³-hybridized carbons (Fsp3) is 0.667. The van der Waals surface area contributed by atoms with Gasteiger partial charge in [0.1, 0.15) is 0 Å². The van der Waals surface area contributed by atoms with Crippen molar-refractivity contribution < 1.29 is 5.11 Å². The number of nitrogens with zero attached hydrogens (tertiary/aromatic N) is 2. The van der Waals surface area contributed by atoms with E-state index in [1.54, 1.807) is 0 Å². The maximum atomic E-state index is 9.33. The monoisotopic (exact) mass is 290 g/mol. The maximum absolute atomic E-state index is 9.33. The lowest BCUT2D eigenvalue weighted by Gasteiger charge is -2.42. The first-order valence-corrected chi connectivity index (χ1v) is 8.21. The zero-order chi connectivity index (χ0) is 15.2. The highest BCUT2D eigenvalue weighted by Gasteiger charge is 2.26. The van der Waals surface area contributed by atoms with Gasteiger partial charge >= 0.3 is 0 Å². The third-order valence-corrected chi connectivity index (χ3v) is 4.28. The lowest BCUT2D eigenvalue weighted by atomic mass is 10.0. The van der Waals surface area contributed by atoms with Crippen molar-refractivity contribution in [3.8, 4) is 0 Å². The van der Waals surface area contributed by atoms with Gasteiger partial charge < -0.3 is 5.11 Å². The summed E-state index contributed by atoms with van der Waals surface area (Å²) >= 11 is 0. The highest BCUT2D eigenvalue weighted by atomic mass is 16.3. The van der Waals surface area contributed by atoms with E-state index in [4.69, 9.17) is 0 Å². The Morgan fingerprint density at radius 1 is 1.19 bits per heavy atom. The molecule has 1 N–H and O–H groups in total. The summed E-state index contributed by atoms with van der Waals surface area (Å²) in [5.74, 6) is 0.690. The SMILES string of the molecule is Cc1ccc(CN2CCN(CC(C)C)[C@@H](CCO)C2)cc1. The Bertz CT molecular complexity index is 416. The molecule has 0 bridgehead atoms. The van der Waals surface area contributed by atoms with Crippen LogP contribution in [-0.2, 0) is 6.54 Å². The Morgan fingerprint density at radius 2 is 1.90 bits per heavy atom. The van der Waals surface area contributed by atoms with Gasteiger partial charge in [-0.15, -0.1) is 0 Å². The van der Waals surface area contributed by atoms with E-state index < -0.39 is 0 Å². The van der Waals surface area contributed by atoms with Gasteiger partial charge in [0.25, 0.3) is 0 Å². The summed E-state index contributed by atoms with van der Waals surface area (Å²) in [6.07, 6.45) is 0.886. The first-order chi connectivity index (χ1) is 10.1. The van der Waals surface area contributed by atoms with Crippen LogP contribution in [0.25, 0.3) is 0 Å². The molecule has 1 aromatic rings. The molecule has 0 radical (unpaired) electrons. The highest BCUT2D eigenvalue weighted by Crippen LogP contribution is 2.17. The molecule has 0 aromatic heterocycles. The average Bonchev–Trinajstić information content (AvgIpc) is 2.44. The van der Waals surface area contributed by atoms with Crippen LogP contribution in [0.2, 0.25) is 0 Å². The van der Waals surface area contributed by atoms with Gasteiger partial charge in [-0.2, -0.15) is 0 Å². The van der Waals surface area contributed by atoms with E-state index in [9.17, 15) is 5.11 Å². The minimum absolute atomic E-state index is 0.289. The molecule has 0 spiro atoms. The highest BCUT2D eigenvalue weighted by molar-refractivity contribution is 5.21. The van der Waals surface area contributed by atoms with Gasteiger partial charge in [-0.25, -0.2) is 0 Å². The number of rotatable bonds is 6. The number of hydrogen-bond donors (Lipinski definition) is 1. The predicted octanol–water partition coefficient (Wildman–Crippen LogP) is 2.52. The van der Waals surface area contributed by atoms with Gasteiger partial charge in [0.05, 0.1) is 0 Å². The second-order valence-corrected chi connectivity index (χ2v) is 6.78. The average molecular weight is 290 g/mol. The Balaban J connectivity index is 1.93. The normalized spacial score (nSPS) is 21.1. The molecule has 0 unspecified atom stereocenters. The molecule has 1 aliphatic heterocycles. The largest absolute Gasteiger partial charge is 0.396 e. The number of aliphatic hydroxyl groups excluding tert-OH is 1. The van der Waals surface area contributed by atoms with E-state index in [-0.39, 0.29) is 6.61 Å². The molecule has 1 aliphatic rings. The molecule has 1 saturated heterocycles. The smallest absolute Gasteiger partial charge is 0.0446 e. The number of hydrogen-bond acceptors (Lipinski definition) is 3. The molecule has 1 fully saturated rings. The van der Waals surface area contributed by atoms with E-state index in [0.29, 0.717) is 12.0 Å². The Kier molecular flexibility index (Phi) is 6.22. The molecule has 1 atom stereocenters. The van der Waals surface area contributed by atoms with Gasteiger partial charge in [0.2, 0.25) is 0 Å². The van der Waals surface area contributed by atoms with E-state index >= 15 is 0 Å². The van der Waals surface area contributed by atoms with Crippen molar-refractivity contribution in [2.24, 2.45) is 5.92 Å². The van der Waals surface area contributed by atoms with Crippen molar-refractivity contribution >= 4 is 0 Å². The predicted molar refractivity (Wildman–Crippen MR) is 88.4 cm³/mol. The summed E-state index contributed by atoms with van der Waals surface area (Å²) < 4.78 is 0. The maximum Gasteiger partial charge on any atom is 0.0446 e. The molecule has 1 aromatic carbocycles. The van der Waals surface area contributed by atoms with Gasteiger partial charge in [-0.3, -0.25) is 9.80 Å². The van der Waals surface area contributed by atoms with Crippen molar-refractivity contribution in [1.82, 2.24) is 9.80 Å². The number of aryl methyl sites for hydroxylation is 1. The van der Waals surface area contributed by atoms with Crippen LogP contribution in [0.5, 0.6) is 0 Å². The molecule has 3 nitrogen and oxygen atoms in total. The fourth-order valence-corrected chi connectivity index (χ4v) is 3.18. The molecule has 0 aliphatic carbocycles. The zero-order valence-electron chi connectivity index (χ0n) is 13.8. The number of aliphatic hydroxyl groups is 1. The van der Waals surface area contributed by atoms with E-state index in [0.717, 1.165) is 39.1 Å². The standard InChI is InChI=1S/C18H30N2O/c1-15(2)12-20-10-9-19(14-18(20)8-11-21)13-17-6-4-16(3)5-7-17/h4-7,15,18,21H,8-14H2,1-3H3/t18-/m0/s1. The molecule has 0 saturated carbocycles. The summed E-state index contributed by atoms with van der Waals surface area (Å²) in [7, 11) is 0. The topological polar surface area (TPSA) is 26.7 Å². The summed E-state index contributed by atoms with van der Waals surface area (Å²) in [4.78, 5) is 5.09. The first-order valence-electron chi connectivity index (χ1n) is 8.21. The summed E-state index contributed by atoms with van der Waals surface area (Å²) in [5, 5.41) is 9.33. The van der Waals surface area contributed by atoms with Crippen molar-refractivity contribution in [1.29, 1.82) is 0 Å². The molecule has 2 rings (SSSR count). The van der Waals surface area contributed by atoms with E-state index in [1.165, 1.54) is 11.1 Å². The van der Waals surface area contributed by atoms with Crippen LogP contribution in [-0.4, -0.2) is 53.7 Å². The van der Waals surface area contributed by atoms with Crippen molar-refractivity contribution in [3.63, 3.8) is 0 Å². The number of piperazine rings is 1. The fourth-order valence-electron chi connectivity index (χ4n) is 3.18. The van der Waals surface area contributed by atoms with Crippen LogP contribution in [0.3, 0.4) is 0 Å². The van der Waals surface area contributed by atoms with Crippen molar-refractivity contribution in [2.75, 3.05) is 32.8 Å². The minimum Gasteiger partial charge on any atom is -0.396 e. The van der Waals surface area contributed by atoms with Gasteiger partial charge in [-0.05, 0) is 24.8 Å². The van der Waals surface area contributed by atoms with Crippen LogP contribution < -0.4 is 0 Å². The molecule has 0 amide bonds. The van der Waals surface area contributed by atoms with Crippen molar-refractivity contribution in [3.05, 3.63) is 35.4 Å². The van der Waals surface area contributed by atoms with Crippen LogP contribution in [0.15, 0.2) is 24.3 Å². The quantitative estimate of drug-likeness (QED) is 0.872. The van der Waals surface area contributed by atoms with Crippen LogP contribution >= 0.6 is 0 Å². The molecule has 3 heteroatoms. The van der Waals surface area contributed by atoms with Crippen LogP contribution in [0, 0.1) is 12.8 Å². The lowest BCUT2D eigenvalue weighted by molar-refractivity contribution is 0.0477. The third-order valence-electron chi connectivity index (χ3n) is 4.28. The second-order valence-electron chi connectivity index (χ2n) is 6.78. The van der Waals surface area contributed by atoms with E-state index in [1.807, 2.05) is 0 Å². The molecule has 21 heavy (non-hydrogen) atoms. The van der Waals surface area contributed by atoms with Gasteiger partial charge in [0.15, 0.2) is 0 Å². The first kappa shape index (κ1) is 16.5. The Hall–Kier alpha value is -0.900. The number of benzene rings is 1. The van der Waals surface area contributed by atoms with Gasteiger partial charge in [0, 0.05) is 45.4 Å². The third kappa shape index (κ3) is 5.10. The molecular weight excluding hydrogens is 260 g/mol. The van der Waals surface area contributed by atoms with Crippen molar-refractivity contribution in [2.45, 2.75) is 39.8 Å². The van der Waals surface area contributed by atoms with Gasteiger partial charge in [-0.1, -0.05) is 43.7 Å². The van der Waals surface area contributed by atoms with Crippen LogP contribution in [0.1, 0.15) is 31.4 Å². The summed E-state index contributed by atoms with van der Waals surface area (Å²) in [6, 6.07) is 9.34. The van der Waals surface area contributed by atoms with Crippen LogP contribution in [0.4, 0.5) is 0 Å². The molecule has 118 valence electrons. The molecular formula is C18H30N2O. The minimum atomic E-state index is 0.289. The Morgan fingerprint density at radius 3 is 2.52 bits per heavy atom. The summed E-state index contributed by atoms with van der Waals surface area (Å²) in [6.45, 7) is 12.5. The zero-order valence-corrected chi connectivity index (χ0v) is 13.8. The Labute approximate surface area is 129 Å². The second kappa shape index (κ2) is 7.92. The summed E-state index contributed by atoms with van der Waals surface area (Å²) in [5.41, 5.74) is 2.71. The lowest BCUT2D eigenvalue weighted by Crippen LogP contribution is -2.53.